The summed E-state index contributed by atoms with van der Waals surface area (Å²) in [5.74, 6) is 1.18. The summed E-state index contributed by atoms with van der Waals surface area (Å²) in [5, 5.41) is 17.3. The maximum atomic E-state index is 11.8. The fourth-order valence-corrected chi connectivity index (χ4v) is 2.55. The summed E-state index contributed by atoms with van der Waals surface area (Å²) in [6.45, 7) is 0.178. The van der Waals surface area contributed by atoms with Crippen molar-refractivity contribution < 1.29 is 14.6 Å². The number of methoxy groups -OCH3 is 2. The number of ether oxygens (including phenoxy) is 2. The third kappa shape index (κ3) is 3.83. The summed E-state index contributed by atoms with van der Waals surface area (Å²) in [6, 6.07) is 5.19. The lowest BCUT2D eigenvalue weighted by Gasteiger charge is -2.17. The van der Waals surface area contributed by atoms with E-state index in [0.717, 1.165) is 0 Å². The number of aliphatic hydroxyl groups excluding tert-OH is 1. The van der Waals surface area contributed by atoms with Crippen LogP contribution in [0, 0.1) is 0 Å². The Hall–Kier alpha value is -2.06. The van der Waals surface area contributed by atoms with Gasteiger partial charge in [0.15, 0.2) is 0 Å². The molecule has 1 heterocycles. The highest BCUT2D eigenvalue weighted by molar-refractivity contribution is 9.10. The van der Waals surface area contributed by atoms with Crippen LogP contribution in [0.1, 0.15) is 11.7 Å². The van der Waals surface area contributed by atoms with Gasteiger partial charge in [-0.15, -0.1) is 0 Å². The van der Waals surface area contributed by atoms with Gasteiger partial charge in [0.05, 0.1) is 32.2 Å². The number of nitrogens with one attached hydrogen (secondary N) is 1. The van der Waals surface area contributed by atoms with Crippen LogP contribution < -0.4 is 20.3 Å². The van der Waals surface area contributed by atoms with Gasteiger partial charge in [0.1, 0.15) is 16.0 Å². The van der Waals surface area contributed by atoms with Gasteiger partial charge in [-0.1, -0.05) is 0 Å². The number of hydrogen-bond donors (Lipinski definition) is 2. The summed E-state index contributed by atoms with van der Waals surface area (Å²) in [5.41, 5.74) is 0.838. The largest absolute Gasteiger partial charge is 0.497 e. The zero-order chi connectivity index (χ0) is 17.0. The average molecular weight is 384 g/mol. The van der Waals surface area contributed by atoms with E-state index in [1.807, 2.05) is 0 Å². The van der Waals surface area contributed by atoms with Crippen molar-refractivity contribution in [3.63, 3.8) is 0 Å². The molecule has 1 aromatic heterocycles. The van der Waals surface area contributed by atoms with Crippen LogP contribution in [0.15, 0.2) is 33.7 Å². The molecule has 1 unspecified atom stereocenters. The van der Waals surface area contributed by atoms with E-state index in [4.69, 9.17) is 9.47 Å². The minimum atomic E-state index is -0.851. The highest BCUT2D eigenvalue weighted by atomic mass is 79.9. The molecule has 0 saturated carbocycles. The molecule has 7 nitrogen and oxygen atoms in total. The van der Waals surface area contributed by atoms with Crippen LogP contribution in [0.3, 0.4) is 0 Å². The van der Waals surface area contributed by atoms with Crippen molar-refractivity contribution in [3.8, 4) is 11.5 Å². The monoisotopic (exact) mass is 383 g/mol. The third-order valence-corrected chi connectivity index (χ3v) is 4.13. The Labute approximate surface area is 142 Å². The molecule has 0 aliphatic rings. The van der Waals surface area contributed by atoms with Crippen LogP contribution in [0.2, 0.25) is 0 Å². The number of benzene rings is 1. The fraction of sp³-hybridized carbons (Fsp3) is 0.333. The summed E-state index contributed by atoms with van der Waals surface area (Å²) >= 11 is 3.23. The molecule has 0 amide bonds. The Morgan fingerprint density at radius 2 is 2.13 bits per heavy atom. The van der Waals surface area contributed by atoms with E-state index in [9.17, 15) is 9.90 Å². The fourth-order valence-electron chi connectivity index (χ4n) is 2.05. The first-order valence-corrected chi connectivity index (χ1v) is 7.63. The van der Waals surface area contributed by atoms with Gasteiger partial charge in [0.2, 0.25) is 0 Å². The summed E-state index contributed by atoms with van der Waals surface area (Å²) in [6.07, 6.45) is 0.664. The van der Waals surface area contributed by atoms with E-state index in [2.05, 4.69) is 26.3 Å². The molecule has 0 bridgehead atoms. The Balaban J connectivity index is 2.18. The number of aryl methyl sites for hydroxylation is 1. The first-order valence-electron chi connectivity index (χ1n) is 6.83. The molecule has 0 saturated heterocycles. The first kappa shape index (κ1) is 17.3. The van der Waals surface area contributed by atoms with Crippen LogP contribution in [0.4, 0.5) is 5.69 Å². The van der Waals surface area contributed by atoms with Crippen molar-refractivity contribution in [2.45, 2.75) is 6.10 Å². The number of aliphatic hydroxyl groups is 1. The molecule has 0 aliphatic heterocycles. The third-order valence-electron chi connectivity index (χ3n) is 3.36. The molecule has 0 radical (unpaired) electrons. The molecule has 2 aromatic rings. The number of nitrogens with zero attached hydrogens (tertiary/aromatic N) is 2. The van der Waals surface area contributed by atoms with Crippen LogP contribution >= 0.6 is 15.9 Å². The molecular formula is C15H18BrN3O4. The SMILES string of the molecule is COc1ccc(OC)c(C(O)CNc2cnn(C)c(=O)c2Br)c1. The van der Waals surface area contributed by atoms with Gasteiger partial charge < -0.3 is 19.9 Å². The van der Waals surface area contributed by atoms with Crippen molar-refractivity contribution in [3.05, 3.63) is 44.8 Å². The average Bonchev–Trinajstić information content (AvgIpc) is 2.58. The first-order chi connectivity index (χ1) is 11.0. The normalized spacial score (nSPS) is 11.9. The summed E-state index contributed by atoms with van der Waals surface area (Å²) in [4.78, 5) is 11.8. The number of anilines is 1. The Morgan fingerprint density at radius 1 is 1.39 bits per heavy atom. The Bertz CT molecular complexity index is 748. The quantitative estimate of drug-likeness (QED) is 0.789. The highest BCUT2D eigenvalue weighted by Gasteiger charge is 2.16. The topological polar surface area (TPSA) is 85.6 Å². The lowest BCUT2D eigenvalue weighted by molar-refractivity contribution is 0.186. The number of hydrogen-bond acceptors (Lipinski definition) is 6. The molecule has 2 N–H and O–H groups in total. The van der Waals surface area contributed by atoms with Crippen molar-refractivity contribution in [1.82, 2.24) is 9.78 Å². The number of halogens is 1. The molecule has 0 fully saturated rings. The number of rotatable bonds is 6. The van der Waals surface area contributed by atoms with Crippen LogP contribution in [0.5, 0.6) is 11.5 Å². The van der Waals surface area contributed by atoms with Crippen molar-refractivity contribution >= 4 is 21.6 Å². The zero-order valence-electron chi connectivity index (χ0n) is 13.0. The molecule has 8 heteroatoms. The van der Waals surface area contributed by atoms with E-state index < -0.39 is 6.10 Å². The lowest BCUT2D eigenvalue weighted by atomic mass is 10.1. The predicted octanol–water partition coefficient (Wildman–Crippen LogP) is 1.71. The Kier molecular flexibility index (Phi) is 5.62. The second-order valence-corrected chi connectivity index (χ2v) is 5.60. The van der Waals surface area contributed by atoms with Crippen LogP contribution in [-0.2, 0) is 7.05 Å². The molecule has 0 spiro atoms. The van der Waals surface area contributed by atoms with Crippen LogP contribution in [0.25, 0.3) is 0 Å². The molecule has 1 atom stereocenters. The van der Waals surface area contributed by atoms with Crippen molar-refractivity contribution in [2.24, 2.45) is 7.05 Å². The minimum absolute atomic E-state index is 0.178. The van der Waals surface area contributed by atoms with Crippen molar-refractivity contribution in [1.29, 1.82) is 0 Å². The maximum Gasteiger partial charge on any atom is 0.282 e. The number of aromatic nitrogens is 2. The molecule has 124 valence electrons. The van der Waals surface area contributed by atoms with E-state index in [1.165, 1.54) is 18.0 Å². The maximum absolute atomic E-state index is 11.8. The molecule has 0 aliphatic carbocycles. The van der Waals surface area contributed by atoms with Gasteiger partial charge in [-0.05, 0) is 34.1 Å². The Morgan fingerprint density at radius 3 is 2.78 bits per heavy atom. The smallest absolute Gasteiger partial charge is 0.282 e. The standard InChI is InChI=1S/C15H18BrN3O4/c1-19-15(21)14(16)11(7-18-19)17-8-12(20)10-6-9(22-2)4-5-13(10)23-3/h4-7,12,17,20H,8H2,1-3H3. The van der Waals surface area contributed by atoms with E-state index in [0.29, 0.717) is 27.2 Å². The van der Waals surface area contributed by atoms with Gasteiger partial charge in [0.25, 0.3) is 5.56 Å². The van der Waals surface area contributed by atoms with E-state index >= 15 is 0 Å². The van der Waals surface area contributed by atoms with Crippen LogP contribution in [-0.4, -0.2) is 35.7 Å². The second-order valence-electron chi connectivity index (χ2n) is 4.81. The van der Waals surface area contributed by atoms with Crippen molar-refractivity contribution in [2.75, 3.05) is 26.1 Å². The van der Waals surface area contributed by atoms with Gasteiger partial charge in [-0.2, -0.15) is 5.10 Å². The lowest BCUT2D eigenvalue weighted by Crippen LogP contribution is -2.22. The molecule has 2 rings (SSSR count). The van der Waals surface area contributed by atoms with Gasteiger partial charge >= 0.3 is 0 Å². The summed E-state index contributed by atoms with van der Waals surface area (Å²) < 4.78 is 12.0. The summed E-state index contributed by atoms with van der Waals surface area (Å²) in [7, 11) is 4.65. The second kappa shape index (κ2) is 7.47. The molecular weight excluding hydrogens is 366 g/mol. The van der Waals surface area contributed by atoms with Gasteiger partial charge in [-0.25, -0.2) is 4.68 Å². The minimum Gasteiger partial charge on any atom is -0.497 e. The van der Waals surface area contributed by atoms with E-state index in [1.54, 1.807) is 32.4 Å². The molecule has 23 heavy (non-hydrogen) atoms. The van der Waals surface area contributed by atoms with E-state index in [-0.39, 0.29) is 12.1 Å². The van der Waals surface area contributed by atoms with Gasteiger partial charge in [-0.3, -0.25) is 4.79 Å². The highest BCUT2D eigenvalue weighted by Crippen LogP contribution is 2.29. The van der Waals surface area contributed by atoms with Gasteiger partial charge in [0, 0.05) is 19.2 Å². The predicted molar refractivity (Wildman–Crippen MR) is 90.2 cm³/mol. The zero-order valence-corrected chi connectivity index (χ0v) is 14.6. The molecule has 1 aromatic carbocycles.